The molecule has 0 spiro atoms. The number of methoxy groups -OCH3 is 1. The minimum atomic E-state index is 0.139. The van der Waals surface area contributed by atoms with Crippen LogP contribution >= 0.6 is 0 Å². The van der Waals surface area contributed by atoms with Gasteiger partial charge in [0, 0.05) is 20.4 Å². The normalized spacial score (nSPS) is 15.7. The lowest BCUT2D eigenvalue weighted by molar-refractivity contribution is 0.0830. The molecule has 4 heteroatoms. The Kier molecular flexibility index (Phi) is 3.45. The number of aryl methyl sites for hydroxylation is 1. The summed E-state index contributed by atoms with van der Waals surface area (Å²) in [5.74, 6) is 0. The second-order valence-corrected chi connectivity index (χ2v) is 3.09. The van der Waals surface area contributed by atoms with E-state index >= 15 is 0 Å². The van der Waals surface area contributed by atoms with E-state index in [2.05, 4.69) is 10.4 Å². The lowest BCUT2D eigenvalue weighted by atomic mass is 10.1. The summed E-state index contributed by atoms with van der Waals surface area (Å²) in [6.45, 7) is 2.04. The molecule has 4 nitrogen and oxygen atoms in total. The van der Waals surface area contributed by atoms with Crippen LogP contribution in [0.15, 0.2) is 12.3 Å². The van der Waals surface area contributed by atoms with Gasteiger partial charge >= 0.3 is 0 Å². The van der Waals surface area contributed by atoms with Gasteiger partial charge in [-0.1, -0.05) is 0 Å². The highest BCUT2D eigenvalue weighted by atomic mass is 16.5. The van der Waals surface area contributed by atoms with Crippen molar-refractivity contribution in [3.63, 3.8) is 0 Å². The van der Waals surface area contributed by atoms with Gasteiger partial charge in [-0.3, -0.25) is 4.68 Å². The summed E-state index contributed by atoms with van der Waals surface area (Å²) in [4.78, 5) is 0. The van der Waals surface area contributed by atoms with E-state index in [1.807, 2.05) is 31.8 Å². The van der Waals surface area contributed by atoms with E-state index in [1.54, 1.807) is 13.3 Å². The van der Waals surface area contributed by atoms with E-state index < -0.39 is 0 Å². The highest BCUT2D eigenvalue weighted by molar-refractivity contribution is 5.08. The van der Waals surface area contributed by atoms with Crippen molar-refractivity contribution in [2.24, 2.45) is 7.05 Å². The van der Waals surface area contributed by atoms with Gasteiger partial charge in [0.05, 0.1) is 17.8 Å². The fourth-order valence-electron chi connectivity index (χ4n) is 1.45. The van der Waals surface area contributed by atoms with E-state index in [9.17, 15) is 0 Å². The Morgan fingerprint density at radius 3 is 2.69 bits per heavy atom. The second kappa shape index (κ2) is 4.39. The van der Waals surface area contributed by atoms with Crippen molar-refractivity contribution >= 4 is 0 Å². The zero-order valence-electron chi connectivity index (χ0n) is 8.61. The van der Waals surface area contributed by atoms with Gasteiger partial charge in [-0.2, -0.15) is 5.10 Å². The number of likely N-dealkylation sites (N-methyl/N-ethyl adjacent to an activating group) is 1. The maximum absolute atomic E-state index is 5.28. The molecule has 0 amide bonds. The molecule has 1 aromatic heterocycles. The van der Waals surface area contributed by atoms with Crippen LogP contribution in [0.4, 0.5) is 0 Å². The molecule has 74 valence electrons. The third-order valence-corrected chi connectivity index (χ3v) is 2.33. The highest BCUT2D eigenvalue weighted by Gasteiger charge is 2.19. The zero-order chi connectivity index (χ0) is 9.84. The largest absolute Gasteiger partial charge is 0.380 e. The maximum atomic E-state index is 5.28. The number of hydrogen-bond acceptors (Lipinski definition) is 3. The summed E-state index contributed by atoms with van der Waals surface area (Å²) in [5, 5.41) is 7.33. The Bertz CT molecular complexity index is 259. The minimum Gasteiger partial charge on any atom is -0.380 e. The lowest BCUT2D eigenvalue weighted by Gasteiger charge is -2.22. The predicted octanol–water partition coefficient (Wildman–Crippen LogP) is 0.715. The predicted molar refractivity (Wildman–Crippen MR) is 51.5 cm³/mol. The van der Waals surface area contributed by atoms with Gasteiger partial charge in [-0.15, -0.1) is 0 Å². The summed E-state index contributed by atoms with van der Waals surface area (Å²) in [6, 6.07) is 2.19. The summed E-state index contributed by atoms with van der Waals surface area (Å²) >= 11 is 0. The summed E-state index contributed by atoms with van der Waals surface area (Å²) in [6.07, 6.45) is 1.93. The van der Waals surface area contributed by atoms with Crippen molar-refractivity contribution in [3.8, 4) is 0 Å². The Balaban J connectivity index is 2.84. The highest BCUT2D eigenvalue weighted by Crippen LogP contribution is 2.16. The molecule has 1 N–H and O–H groups in total. The SMILES string of the molecule is CNC(c1ccnn1C)C(C)OC. The van der Waals surface area contributed by atoms with Gasteiger partial charge in [0.15, 0.2) is 0 Å². The van der Waals surface area contributed by atoms with Crippen LogP contribution in [0.5, 0.6) is 0 Å². The maximum Gasteiger partial charge on any atom is 0.0753 e. The molecule has 0 saturated carbocycles. The number of rotatable bonds is 4. The molecule has 0 saturated heterocycles. The molecule has 1 heterocycles. The molecular formula is C9H17N3O. The van der Waals surface area contributed by atoms with Crippen molar-refractivity contribution in [3.05, 3.63) is 18.0 Å². The van der Waals surface area contributed by atoms with Crippen molar-refractivity contribution in [1.82, 2.24) is 15.1 Å². The third-order valence-electron chi connectivity index (χ3n) is 2.33. The van der Waals surface area contributed by atoms with Crippen molar-refractivity contribution < 1.29 is 4.74 Å². The van der Waals surface area contributed by atoms with E-state index in [1.165, 1.54) is 0 Å². The molecule has 1 aromatic rings. The minimum absolute atomic E-state index is 0.139. The lowest BCUT2D eigenvalue weighted by Crippen LogP contribution is -2.30. The molecule has 0 radical (unpaired) electrons. The molecule has 0 aliphatic carbocycles. The van der Waals surface area contributed by atoms with Crippen LogP contribution in [0.1, 0.15) is 18.7 Å². The van der Waals surface area contributed by atoms with Crippen LogP contribution in [-0.2, 0) is 11.8 Å². The van der Waals surface area contributed by atoms with Gasteiger partial charge in [-0.05, 0) is 20.0 Å². The van der Waals surface area contributed by atoms with Crippen LogP contribution in [0.25, 0.3) is 0 Å². The Morgan fingerprint density at radius 2 is 2.31 bits per heavy atom. The quantitative estimate of drug-likeness (QED) is 0.747. The molecule has 0 fully saturated rings. The van der Waals surface area contributed by atoms with Gasteiger partial charge in [0.25, 0.3) is 0 Å². The van der Waals surface area contributed by atoms with Crippen LogP contribution in [0.3, 0.4) is 0 Å². The Hall–Kier alpha value is -0.870. The summed E-state index contributed by atoms with van der Waals surface area (Å²) in [5.41, 5.74) is 1.14. The average molecular weight is 183 g/mol. The zero-order valence-corrected chi connectivity index (χ0v) is 8.61. The van der Waals surface area contributed by atoms with Gasteiger partial charge < -0.3 is 10.1 Å². The topological polar surface area (TPSA) is 39.1 Å². The molecule has 2 atom stereocenters. The van der Waals surface area contributed by atoms with Crippen LogP contribution in [-0.4, -0.2) is 30.0 Å². The first-order chi connectivity index (χ1) is 6.20. The van der Waals surface area contributed by atoms with E-state index in [-0.39, 0.29) is 12.1 Å². The van der Waals surface area contributed by atoms with E-state index in [0.717, 1.165) is 5.69 Å². The number of nitrogens with zero attached hydrogens (tertiary/aromatic N) is 2. The van der Waals surface area contributed by atoms with Crippen LogP contribution in [0.2, 0.25) is 0 Å². The van der Waals surface area contributed by atoms with Gasteiger partial charge in [0.1, 0.15) is 0 Å². The number of hydrogen-bond donors (Lipinski definition) is 1. The molecule has 0 aliphatic heterocycles. The number of aromatic nitrogens is 2. The molecule has 0 aliphatic rings. The van der Waals surface area contributed by atoms with Gasteiger partial charge in [-0.25, -0.2) is 0 Å². The smallest absolute Gasteiger partial charge is 0.0753 e. The molecular weight excluding hydrogens is 166 g/mol. The summed E-state index contributed by atoms with van der Waals surface area (Å²) < 4.78 is 7.14. The molecule has 1 rings (SSSR count). The Labute approximate surface area is 78.9 Å². The first-order valence-corrected chi connectivity index (χ1v) is 4.38. The molecule has 2 unspecified atom stereocenters. The third kappa shape index (κ3) is 2.08. The van der Waals surface area contributed by atoms with E-state index in [0.29, 0.717) is 0 Å². The standard InChI is InChI=1S/C9H17N3O/c1-7(13-4)9(10-2)8-5-6-11-12(8)3/h5-7,9-10H,1-4H3. The fraction of sp³-hybridized carbons (Fsp3) is 0.667. The fourth-order valence-corrected chi connectivity index (χ4v) is 1.45. The average Bonchev–Trinajstić information content (AvgIpc) is 2.53. The summed E-state index contributed by atoms with van der Waals surface area (Å²) in [7, 11) is 5.57. The monoisotopic (exact) mass is 183 g/mol. The molecule has 0 bridgehead atoms. The first-order valence-electron chi connectivity index (χ1n) is 4.38. The van der Waals surface area contributed by atoms with Crippen molar-refractivity contribution in [2.75, 3.05) is 14.2 Å². The van der Waals surface area contributed by atoms with Crippen LogP contribution < -0.4 is 5.32 Å². The molecule has 0 aromatic carbocycles. The second-order valence-electron chi connectivity index (χ2n) is 3.09. The van der Waals surface area contributed by atoms with E-state index in [4.69, 9.17) is 4.74 Å². The molecule has 13 heavy (non-hydrogen) atoms. The van der Waals surface area contributed by atoms with Crippen molar-refractivity contribution in [2.45, 2.75) is 19.1 Å². The first kappa shape index (κ1) is 10.2. The number of ether oxygens (including phenoxy) is 1. The van der Waals surface area contributed by atoms with Crippen molar-refractivity contribution in [1.29, 1.82) is 0 Å². The van der Waals surface area contributed by atoms with Crippen LogP contribution in [0, 0.1) is 0 Å². The van der Waals surface area contributed by atoms with Gasteiger partial charge in [0.2, 0.25) is 0 Å². The Morgan fingerprint density at radius 1 is 1.62 bits per heavy atom. The number of nitrogens with one attached hydrogen (secondary N) is 1.